The third-order valence-electron chi connectivity index (χ3n) is 13.1. The average molecular weight is 723 g/mol. The number of hydrogen-bond acceptors (Lipinski definition) is 2. The van der Waals surface area contributed by atoms with Crippen LogP contribution < -0.4 is 9.80 Å². The minimum atomic E-state index is 0.0485. The van der Waals surface area contributed by atoms with E-state index in [-0.39, 0.29) is 11.0 Å². The van der Waals surface area contributed by atoms with Crippen molar-refractivity contribution in [2.75, 3.05) is 9.80 Å². The Morgan fingerprint density at radius 3 is 1.55 bits per heavy atom. The van der Waals surface area contributed by atoms with E-state index in [0.29, 0.717) is 0 Å². The molecule has 10 rings (SSSR count). The molecule has 2 nitrogen and oxygen atoms in total. The first-order chi connectivity index (χ1) is 27.5. The SMILES string of the molecule is CC12CCCCC1(C)N(c1ccc(-c3ccc(N(c4ccc(-c5ccccc5)cc4)c4ccc(-c5ccccc5)cc4)c4ccccc34)cc1)c1ccccc12. The van der Waals surface area contributed by atoms with Crippen molar-refractivity contribution in [2.24, 2.45) is 0 Å². The molecule has 0 radical (unpaired) electrons. The number of benzene rings is 8. The number of anilines is 5. The molecule has 2 aliphatic rings. The minimum absolute atomic E-state index is 0.0485. The number of fused-ring (bicyclic) bond motifs is 4. The van der Waals surface area contributed by atoms with Gasteiger partial charge in [-0.2, -0.15) is 0 Å². The van der Waals surface area contributed by atoms with Gasteiger partial charge < -0.3 is 9.80 Å². The highest BCUT2D eigenvalue weighted by molar-refractivity contribution is 6.06. The summed E-state index contributed by atoms with van der Waals surface area (Å²) in [5, 5.41) is 2.45. The monoisotopic (exact) mass is 722 g/mol. The molecule has 0 aromatic heterocycles. The van der Waals surface area contributed by atoms with E-state index in [1.54, 1.807) is 0 Å². The van der Waals surface area contributed by atoms with Gasteiger partial charge in [0.15, 0.2) is 0 Å². The van der Waals surface area contributed by atoms with E-state index < -0.39 is 0 Å². The first-order valence-corrected chi connectivity index (χ1v) is 20.1. The number of nitrogens with zero attached hydrogens (tertiary/aromatic N) is 2. The second kappa shape index (κ2) is 13.7. The number of hydrogen-bond donors (Lipinski definition) is 0. The van der Waals surface area contributed by atoms with Crippen LogP contribution in [0.1, 0.15) is 45.1 Å². The summed E-state index contributed by atoms with van der Waals surface area (Å²) >= 11 is 0. The molecule has 8 aromatic rings. The largest absolute Gasteiger partial charge is 0.334 e. The van der Waals surface area contributed by atoms with Crippen molar-refractivity contribution >= 4 is 39.2 Å². The van der Waals surface area contributed by atoms with Gasteiger partial charge in [-0.15, -0.1) is 0 Å². The van der Waals surface area contributed by atoms with Gasteiger partial charge in [-0.25, -0.2) is 0 Å². The minimum Gasteiger partial charge on any atom is -0.334 e. The molecule has 1 aliphatic heterocycles. The Hall–Kier alpha value is -6.38. The lowest BCUT2D eigenvalue weighted by Crippen LogP contribution is -2.54. The Morgan fingerprint density at radius 2 is 0.929 bits per heavy atom. The van der Waals surface area contributed by atoms with Crippen LogP contribution in [0.5, 0.6) is 0 Å². The highest BCUT2D eigenvalue weighted by Gasteiger charge is 2.57. The van der Waals surface area contributed by atoms with Crippen molar-refractivity contribution < 1.29 is 0 Å². The number of para-hydroxylation sites is 1. The third kappa shape index (κ3) is 5.55. The maximum absolute atomic E-state index is 2.66. The molecule has 1 heterocycles. The summed E-state index contributed by atoms with van der Waals surface area (Å²) in [6, 6.07) is 71.2. The van der Waals surface area contributed by atoms with Crippen molar-refractivity contribution in [3.8, 4) is 33.4 Å². The standard InChI is InChI=1S/C54H46N2/c1-53-37-13-14-38-54(53,2)56(52-22-12-11-21-50(52)53)46-33-27-43(28-34-46)47-35-36-51(49-20-10-9-19-48(47)49)55(44-29-23-41(24-30-44)39-15-5-3-6-16-39)45-31-25-42(26-32-45)40-17-7-4-8-18-40/h3-12,15-36H,13-14,37-38H2,1-2H3. The van der Waals surface area contributed by atoms with Gasteiger partial charge in [-0.05, 0) is 113 Å². The smallest absolute Gasteiger partial charge is 0.0540 e. The summed E-state index contributed by atoms with van der Waals surface area (Å²) in [5.41, 5.74) is 15.0. The predicted molar refractivity (Wildman–Crippen MR) is 238 cm³/mol. The van der Waals surface area contributed by atoms with Crippen LogP contribution in [0.2, 0.25) is 0 Å². The molecule has 1 saturated carbocycles. The first kappa shape index (κ1) is 34.1. The molecule has 272 valence electrons. The maximum atomic E-state index is 2.66. The van der Waals surface area contributed by atoms with Crippen LogP contribution in [0.25, 0.3) is 44.2 Å². The van der Waals surface area contributed by atoms with Crippen LogP contribution in [0.15, 0.2) is 194 Å². The maximum Gasteiger partial charge on any atom is 0.0540 e. The molecule has 0 saturated heterocycles. The fourth-order valence-electron chi connectivity index (χ4n) is 9.92. The van der Waals surface area contributed by atoms with Crippen LogP contribution in [0.4, 0.5) is 28.4 Å². The normalized spacial score (nSPS) is 18.7. The van der Waals surface area contributed by atoms with E-state index in [1.807, 2.05) is 0 Å². The van der Waals surface area contributed by atoms with E-state index in [1.165, 1.54) is 86.8 Å². The molecule has 1 fully saturated rings. The molecular formula is C54H46N2. The van der Waals surface area contributed by atoms with Gasteiger partial charge in [0.25, 0.3) is 0 Å². The molecule has 0 amide bonds. The molecule has 1 aliphatic carbocycles. The highest BCUT2D eigenvalue weighted by Crippen LogP contribution is 2.60. The van der Waals surface area contributed by atoms with Gasteiger partial charge >= 0.3 is 0 Å². The molecule has 2 heteroatoms. The van der Waals surface area contributed by atoms with Crippen LogP contribution in [-0.2, 0) is 5.41 Å². The van der Waals surface area contributed by atoms with Gasteiger partial charge in [0, 0.05) is 33.6 Å². The van der Waals surface area contributed by atoms with Crippen molar-refractivity contribution in [3.05, 3.63) is 200 Å². The molecule has 2 atom stereocenters. The van der Waals surface area contributed by atoms with Gasteiger partial charge in [0.1, 0.15) is 0 Å². The fraction of sp³-hybridized carbons (Fsp3) is 0.148. The topological polar surface area (TPSA) is 6.48 Å². The van der Waals surface area contributed by atoms with E-state index in [9.17, 15) is 0 Å². The van der Waals surface area contributed by atoms with Gasteiger partial charge in [0.2, 0.25) is 0 Å². The highest BCUT2D eigenvalue weighted by atomic mass is 15.3. The molecule has 0 N–H and O–H groups in total. The van der Waals surface area contributed by atoms with Crippen LogP contribution in [-0.4, -0.2) is 5.54 Å². The summed E-state index contributed by atoms with van der Waals surface area (Å²) < 4.78 is 0. The molecule has 0 spiro atoms. The van der Waals surface area contributed by atoms with E-state index in [0.717, 1.165) is 17.1 Å². The average Bonchev–Trinajstić information content (AvgIpc) is 3.48. The van der Waals surface area contributed by atoms with Crippen LogP contribution in [0, 0.1) is 0 Å². The Bertz CT molecular complexity index is 2560. The third-order valence-corrected chi connectivity index (χ3v) is 13.1. The molecule has 56 heavy (non-hydrogen) atoms. The van der Waals surface area contributed by atoms with Gasteiger partial charge in [0.05, 0.1) is 11.2 Å². The van der Waals surface area contributed by atoms with Gasteiger partial charge in [-0.1, -0.05) is 165 Å². The zero-order valence-electron chi connectivity index (χ0n) is 32.2. The summed E-state index contributed by atoms with van der Waals surface area (Å²) in [5.74, 6) is 0. The van der Waals surface area contributed by atoms with Crippen molar-refractivity contribution in [2.45, 2.75) is 50.5 Å². The lowest BCUT2D eigenvalue weighted by molar-refractivity contribution is 0.195. The lowest BCUT2D eigenvalue weighted by atomic mass is 9.61. The second-order valence-corrected chi connectivity index (χ2v) is 16.1. The fourth-order valence-corrected chi connectivity index (χ4v) is 9.92. The number of rotatable bonds is 7. The Kier molecular flexibility index (Phi) is 8.37. The molecule has 2 unspecified atom stereocenters. The molecular weight excluding hydrogens is 677 g/mol. The van der Waals surface area contributed by atoms with E-state index in [2.05, 4.69) is 218 Å². The summed E-state index contributed by atoms with van der Waals surface area (Å²) in [6.45, 7) is 5.01. The van der Waals surface area contributed by atoms with E-state index >= 15 is 0 Å². The van der Waals surface area contributed by atoms with Crippen molar-refractivity contribution in [3.63, 3.8) is 0 Å². The predicted octanol–water partition coefficient (Wildman–Crippen LogP) is 15.1. The molecule has 0 bridgehead atoms. The second-order valence-electron chi connectivity index (χ2n) is 16.1. The van der Waals surface area contributed by atoms with Crippen LogP contribution in [0.3, 0.4) is 0 Å². The Labute approximate surface area is 331 Å². The summed E-state index contributed by atoms with van der Waals surface area (Å²) in [4.78, 5) is 5.07. The van der Waals surface area contributed by atoms with Gasteiger partial charge in [-0.3, -0.25) is 0 Å². The lowest BCUT2D eigenvalue weighted by Gasteiger charge is -2.50. The Balaban J connectivity index is 1.05. The van der Waals surface area contributed by atoms with Crippen molar-refractivity contribution in [1.82, 2.24) is 0 Å². The zero-order valence-corrected chi connectivity index (χ0v) is 32.2. The Morgan fingerprint density at radius 1 is 0.429 bits per heavy atom. The quantitative estimate of drug-likeness (QED) is 0.162. The van der Waals surface area contributed by atoms with E-state index in [4.69, 9.17) is 0 Å². The van der Waals surface area contributed by atoms with Crippen LogP contribution >= 0.6 is 0 Å². The first-order valence-electron chi connectivity index (χ1n) is 20.1. The summed E-state index contributed by atoms with van der Waals surface area (Å²) in [7, 11) is 0. The zero-order chi connectivity index (χ0) is 37.7. The summed E-state index contributed by atoms with van der Waals surface area (Å²) in [6.07, 6.45) is 5.01. The molecule has 8 aromatic carbocycles. The van der Waals surface area contributed by atoms with Crippen molar-refractivity contribution in [1.29, 1.82) is 0 Å².